The molecule has 0 spiro atoms. The lowest BCUT2D eigenvalue weighted by atomic mass is 9.61. The lowest BCUT2D eigenvalue weighted by Gasteiger charge is -2.55. The van der Waals surface area contributed by atoms with E-state index < -0.39 is 11.1 Å². The third-order valence-corrected chi connectivity index (χ3v) is 9.49. The molecule has 7 aromatic rings. The number of nitrogens with zero attached hydrogens (tertiary/aromatic N) is 7. The number of fused-ring (bicyclic) bond motifs is 4. The zero-order valence-corrected chi connectivity index (χ0v) is 25.8. The van der Waals surface area contributed by atoms with Crippen molar-refractivity contribution in [1.82, 2.24) is 34.4 Å². The molecule has 4 aromatic heterocycles. The number of hydrogen-bond donors (Lipinski definition) is 1. The normalized spacial score (nSPS) is 20.3. The molecule has 1 aliphatic heterocycles. The van der Waals surface area contributed by atoms with Gasteiger partial charge in [-0.15, -0.1) is 10.2 Å². The molecule has 10 heteroatoms. The molecule has 1 saturated carbocycles. The van der Waals surface area contributed by atoms with Crippen molar-refractivity contribution in [2.45, 2.75) is 30.9 Å². The molecule has 3 aromatic carbocycles. The van der Waals surface area contributed by atoms with Crippen LogP contribution in [0.15, 0.2) is 116 Å². The van der Waals surface area contributed by atoms with Gasteiger partial charge < -0.3 is 5.11 Å². The van der Waals surface area contributed by atoms with Crippen molar-refractivity contribution in [2.75, 3.05) is 0 Å². The summed E-state index contributed by atoms with van der Waals surface area (Å²) in [7, 11) is 0. The van der Waals surface area contributed by atoms with Crippen molar-refractivity contribution >= 4 is 28.4 Å². The van der Waals surface area contributed by atoms with Crippen molar-refractivity contribution in [2.24, 2.45) is 0 Å². The van der Waals surface area contributed by atoms with E-state index in [1.54, 1.807) is 49.6 Å². The predicted octanol–water partition coefficient (Wildman–Crippen LogP) is 6.10. The van der Waals surface area contributed by atoms with Gasteiger partial charge >= 0.3 is 0 Å². The molecule has 2 aliphatic rings. The summed E-state index contributed by atoms with van der Waals surface area (Å²) in [5.74, 6) is 0.346. The zero-order chi connectivity index (χ0) is 32.6. The predicted molar refractivity (Wildman–Crippen MR) is 179 cm³/mol. The van der Waals surface area contributed by atoms with E-state index in [-0.39, 0.29) is 24.7 Å². The molecule has 0 unspecified atom stereocenters. The Kier molecular flexibility index (Phi) is 5.97. The summed E-state index contributed by atoms with van der Waals surface area (Å²) in [5.41, 5.74) is 4.51. The molecule has 1 N–H and O–H groups in total. The summed E-state index contributed by atoms with van der Waals surface area (Å²) in [6.45, 7) is 1.74. The van der Waals surface area contributed by atoms with Gasteiger partial charge in [0.15, 0.2) is 11.5 Å². The Morgan fingerprint density at radius 3 is 2.06 bits per heavy atom. The standard InChI is InChI=1S/C38H27N7O3/c1-37(48)21-38(22-37,45-35(46)26-10-5-6-11-27(26)36(45)47)25-14-12-24(13-15-25)31-28(23-8-3-2-4-9-23)20-29-30(41-31)16-19-44-33(29)42-43-34(44)32-39-17-7-18-40-32/h2-20,48H,21-22H2,1H3/t37-,38+. The second-order valence-electron chi connectivity index (χ2n) is 12.7. The van der Waals surface area contributed by atoms with Gasteiger partial charge in [0, 0.05) is 47.9 Å². The average molecular weight is 630 g/mol. The van der Waals surface area contributed by atoms with Crippen LogP contribution in [-0.2, 0) is 5.54 Å². The van der Waals surface area contributed by atoms with Crippen LogP contribution in [0.1, 0.15) is 46.0 Å². The van der Waals surface area contributed by atoms with Crippen molar-refractivity contribution < 1.29 is 14.7 Å². The Balaban J connectivity index is 1.17. The third kappa shape index (κ3) is 4.12. The fraction of sp³-hybridized carbons (Fsp3) is 0.132. The minimum Gasteiger partial charge on any atom is -0.390 e. The maximum Gasteiger partial charge on any atom is 0.262 e. The van der Waals surface area contributed by atoms with Gasteiger partial charge in [-0.1, -0.05) is 66.7 Å². The summed E-state index contributed by atoms with van der Waals surface area (Å²) >= 11 is 0. The molecular weight excluding hydrogens is 602 g/mol. The largest absolute Gasteiger partial charge is 0.390 e. The van der Waals surface area contributed by atoms with Crippen molar-refractivity contribution in [3.63, 3.8) is 0 Å². The topological polar surface area (TPSA) is 126 Å². The van der Waals surface area contributed by atoms with Crippen LogP contribution in [0.25, 0.3) is 50.6 Å². The second-order valence-corrected chi connectivity index (χ2v) is 12.7. The van der Waals surface area contributed by atoms with Gasteiger partial charge in [0.05, 0.1) is 33.5 Å². The van der Waals surface area contributed by atoms with Gasteiger partial charge in [-0.05, 0) is 48.4 Å². The van der Waals surface area contributed by atoms with Crippen LogP contribution in [0.5, 0.6) is 0 Å². The highest BCUT2D eigenvalue weighted by Crippen LogP contribution is 2.54. The first-order valence-corrected chi connectivity index (χ1v) is 15.7. The van der Waals surface area contributed by atoms with Crippen molar-refractivity contribution in [3.8, 4) is 34.0 Å². The van der Waals surface area contributed by atoms with Crippen molar-refractivity contribution in [1.29, 1.82) is 0 Å². The van der Waals surface area contributed by atoms with E-state index in [9.17, 15) is 14.7 Å². The van der Waals surface area contributed by atoms with Crippen LogP contribution in [0.3, 0.4) is 0 Å². The van der Waals surface area contributed by atoms with Crippen LogP contribution < -0.4 is 0 Å². The van der Waals surface area contributed by atoms with Gasteiger partial charge in [0.25, 0.3) is 11.8 Å². The van der Waals surface area contributed by atoms with Crippen LogP contribution in [-0.4, -0.2) is 57.0 Å². The summed E-state index contributed by atoms with van der Waals surface area (Å²) in [5, 5.41) is 20.7. The Bertz CT molecular complexity index is 2380. The molecule has 9 rings (SSSR count). The number of carbonyl (C=O) groups excluding carboxylic acids is 2. The van der Waals surface area contributed by atoms with Gasteiger partial charge in [0.2, 0.25) is 5.82 Å². The fourth-order valence-electron chi connectivity index (χ4n) is 7.44. The molecule has 1 fully saturated rings. The minimum absolute atomic E-state index is 0.249. The number of aliphatic hydroxyl groups is 1. The summed E-state index contributed by atoms with van der Waals surface area (Å²) < 4.78 is 1.87. The number of aromatic nitrogens is 6. The van der Waals surface area contributed by atoms with Crippen molar-refractivity contribution in [3.05, 3.63) is 132 Å². The van der Waals surface area contributed by atoms with Gasteiger partial charge in [-0.2, -0.15) is 0 Å². The Morgan fingerprint density at radius 1 is 0.729 bits per heavy atom. The number of imide groups is 1. The maximum absolute atomic E-state index is 13.6. The number of hydrogen-bond acceptors (Lipinski definition) is 8. The number of amides is 2. The Morgan fingerprint density at radius 2 is 1.40 bits per heavy atom. The molecule has 0 radical (unpaired) electrons. The quantitative estimate of drug-likeness (QED) is 0.226. The molecule has 5 heterocycles. The van der Waals surface area contributed by atoms with E-state index in [4.69, 9.17) is 4.98 Å². The summed E-state index contributed by atoms with van der Waals surface area (Å²) in [6, 6.07) is 30.5. The molecule has 1 aliphatic carbocycles. The Labute approximate surface area is 274 Å². The first-order valence-electron chi connectivity index (χ1n) is 15.7. The number of pyridine rings is 2. The van der Waals surface area contributed by atoms with Gasteiger partial charge in [0.1, 0.15) is 0 Å². The number of benzene rings is 3. The first-order chi connectivity index (χ1) is 23.3. The van der Waals surface area contributed by atoms with Gasteiger partial charge in [-0.3, -0.25) is 18.9 Å². The molecule has 0 atom stereocenters. The lowest BCUT2D eigenvalue weighted by Crippen LogP contribution is -2.63. The summed E-state index contributed by atoms with van der Waals surface area (Å²) in [6.07, 6.45) is 5.72. The third-order valence-electron chi connectivity index (χ3n) is 9.49. The zero-order valence-electron chi connectivity index (χ0n) is 25.8. The monoisotopic (exact) mass is 629 g/mol. The fourth-order valence-corrected chi connectivity index (χ4v) is 7.44. The van der Waals surface area contributed by atoms with Crippen LogP contribution >= 0.6 is 0 Å². The highest BCUT2D eigenvalue weighted by molar-refractivity contribution is 6.22. The minimum atomic E-state index is -1.01. The smallest absolute Gasteiger partial charge is 0.262 e. The van der Waals surface area contributed by atoms with E-state index in [1.165, 1.54) is 4.90 Å². The molecule has 0 saturated heterocycles. The lowest BCUT2D eigenvalue weighted by molar-refractivity contribution is -0.118. The molecule has 0 bridgehead atoms. The van der Waals surface area contributed by atoms with E-state index in [0.29, 0.717) is 28.4 Å². The second kappa shape index (κ2) is 10.2. The molecule has 232 valence electrons. The number of rotatable bonds is 5. The maximum atomic E-state index is 13.6. The molecule has 2 amide bonds. The average Bonchev–Trinajstić information content (AvgIpc) is 3.66. The SMILES string of the molecule is C[C@]1(O)C[C@@](c2ccc(-c3nc4ccn5c(-c6ncccn6)nnc5c4cc3-c3ccccc3)cc2)(N2C(=O)c3ccccc3C2=O)C1. The highest BCUT2D eigenvalue weighted by Gasteiger charge is 2.60. The van der Waals surface area contributed by atoms with E-state index in [2.05, 4.69) is 26.2 Å². The number of carbonyl (C=O) groups is 2. The highest BCUT2D eigenvalue weighted by atomic mass is 16.3. The van der Waals surface area contributed by atoms with Crippen LogP contribution in [0.2, 0.25) is 0 Å². The van der Waals surface area contributed by atoms with Crippen LogP contribution in [0.4, 0.5) is 0 Å². The molecule has 48 heavy (non-hydrogen) atoms. The Hall–Kier alpha value is -6.13. The van der Waals surface area contributed by atoms with E-state index in [1.807, 2.05) is 71.3 Å². The van der Waals surface area contributed by atoms with E-state index in [0.717, 1.165) is 38.9 Å². The van der Waals surface area contributed by atoms with E-state index >= 15 is 0 Å². The molecule has 10 nitrogen and oxygen atoms in total. The molecular formula is C38H27N7O3. The van der Waals surface area contributed by atoms with Gasteiger partial charge in [-0.25, -0.2) is 15.0 Å². The summed E-state index contributed by atoms with van der Waals surface area (Å²) in [4.78, 5) is 42.5. The first kappa shape index (κ1) is 28.1. The van der Waals surface area contributed by atoms with Crippen LogP contribution in [0, 0.1) is 0 Å².